The number of carbonyl (C=O) groups excluding carboxylic acids is 4. The minimum atomic E-state index is -1.40. The van der Waals surface area contributed by atoms with Crippen LogP contribution in [-0.4, -0.2) is 46.7 Å². The monoisotopic (exact) mass is 413 g/mol. The van der Waals surface area contributed by atoms with E-state index >= 15 is 0 Å². The van der Waals surface area contributed by atoms with Gasteiger partial charge in [-0.15, -0.1) is 0 Å². The highest BCUT2D eigenvalue weighted by molar-refractivity contribution is 6.09. The maximum atomic E-state index is 13.2. The van der Waals surface area contributed by atoms with Crippen LogP contribution in [0.3, 0.4) is 0 Å². The number of halogens is 1. The molecule has 1 aliphatic heterocycles. The third-order valence-corrected chi connectivity index (χ3v) is 4.60. The normalized spacial score (nSPS) is 18.1. The van der Waals surface area contributed by atoms with Gasteiger partial charge in [-0.2, -0.15) is 0 Å². The van der Waals surface area contributed by atoms with E-state index in [9.17, 15) is 23.6 Å². The van der Waals surface area contributed by atoms with Crippen molar-refractivity contribution in [2.75, 3.05) is 18.4 Å². The van der Waals surface area contributed by atoms with Gasteiger partial charge in [-0.05, 0) is 36.8 Å². The molecule has 9 nitrogen and oxygen atoms in total. The summed E-state index contributed by atoms with van der Waals surface area (Å²) >= 11 is 0. The molecule has 10 heteroatoms. The Bertz CT molecular complexity index is 967. The Morgan fingerprint density at radius 1 is 1.13 bits per heavy atom. The summed E-state index contributed by atoms with van der Waals surface area (Å²) in [5.74, 6) is -1.63. The number of rotatable bonds is 7. The van der Waals surface area contributed by atoms with Crippen LogP contribution in [0.25, 0.3) is 0 Å². The summed E-state index contributed by atoms with van der Waals surface area (Å²) in [4.78, 5) is 53.7. The molecule has 2 heterocycles. The van der Waals surface area contributed by atoms with E-state index in [-0.39, 0.29) is 18.9 Å². The van der Waals surface area contributed by atoms with Crippen molar-refractivity contribution in [1.82, 2.24) is 20.5 Å². The van der Waals surface area contributed by atoms with Crippen LogP contribution in [-0.2, 0) is 19.9 Å². The predicted molar refractivity (Wildman–Crippen MR) is 104 cm³/mol. The first-order chi connectivity index (χ1) is 14.3. The van der Waals surface area contributed by atoms with Crippen molar-refractivity contribution in [2.45, 2.75) is 18.9 Å². The fourth-order valence-corrected chi connectivity index (χ4v) is 2.98. The Hall–Kier alpha value is -3.82. The molecule has 0 bridgehead atoms. The first kappa shape index (κ1) is 20.9. The van der Waals surface area contributed by atoms with Gasteiger partial charge in [-0.3, -0.25) is 19.3 Å². The standard InChI is InChI=1S/C20H20FN5O4/c1-20(13-5-7-14(21)8-6-13)18(29)26(19(30)25-20)12-17(28)23-11-9-16(27)24-15-4-2-3-10-22-15/h2-8,10H,9,11-12H2,1H3,(H,23,28)(H,25,30)(H,22,24,27)/t20-/m0/s1. The van der Waals surface area contributed by atoms with Gasteiger partial charge in [0.05, 0.1) is 0 Å². The average molecular weight is 413 g/mol. The minimum Gasteiger partial charge on any atom is -0.354 e. The van der Waals surface area contributed by atoms with E-state index in [0.29, 0.717) is 11.4 Å². The summed E-state index contributed by atoms with van der Waals surface area (Å²) in [6.45, 7) is 1.01. The highest BCUT2D eigenvalue weighted by Gasteiger charge is 2.49. The zero-order chi connectivity index (χ0) is 21.7. The van der Waals surface area contributed by atoms with E-state index in [4.69, 9.17) is 0 Å². The third-order valence-electron chi connectivity index (χ3n) is 4.60. The number of nitrogens with zero attached hydrogens (tertiary/aromatic N) is 2. The number of hydrogen-bond donors (Lipinski definition) is 3. The van der Waals surface area contributed by atoms with Crippen LogP contribution < -0.4 is 16.0 Å². The molecule has 30 heavy (non-hydrogen) atoms. The Labute approximate surface area is 171 Å². The second-order valence-corrected chi connectivity index (χ2v) is 6.82. The van der Waals surface area contributed by atoms with Crippen molar-refractivity contribution in [3.8, 4) is 0 Å². The molecule has 0 saturated carbocycles. The molecular formula is C20H20FN5O4. The van der Waals surface area contributed by atoms with Crippen molar-refractivity contribution in [3.05, 3.63) is 60.0 Å². The van der Waals surface area contributed by atoms with E-state index in [1.807, 2.05) is 0 Å². The number of amides is 5. The number of benzene rings is 1. The van der Waals surface area contributed by atoms with E-state index < -0.39 is 35.7 Å². The summed E-state index contributed by atoms with van der Waals surface area (Å²) in [6.07, 6.45) is 1.53. The molecule has 1 fully saturated rings. The maximum Gasteiger partial charge on any atom is 0.325 e. The van der Waals surface area contributed by atoms with Gasteiger partial charge >= 0.3 is 6.03 Å². The van der Waals surface area contributed by atoms with Crippen molar-refractivity contribution in [1.29, 1.82) is 0 Å². The zero-order valence-electron chi connectivity index (χ0n) is 16.1. The number of urea groups is 1. The third kappa shape index (κ3) is 4.59. The van der Waals surface area contributed by atoms with Crippen LogP contribution in [0.15, 0.2) is 48.7 Å². The molecule has 1 aromatic heterocycles. The fraction of sp³-hybridized carbons (Fsp3) is 0.250. The summed E-state index contributed by atoms with van der Waals surface area (Å²) in [5.41, 5.74) is -0.996. The van der Waals surface area contributed by atoms with Crippen molar-refractivity contribution in [2.24, 2.45) is 0 Å². The highest BCUT2D eigenvalue weighted by Crippen LogP contribution is 2.28. The van der Waals surface area contributed by atoms with Gasteiger partial charge in [0, 0.05) is 19.2 Å². The number of aromatic nitrogens is 1. The molecule has 1 atom stereocenters. The summed E-state index contributed by atoms with van der Waals surface area (Å²) in [5, 5.41) is 7.61. The van der Waals surface area contributed by atoms with Crippen molar-refractivity contribution in [3.63, 3.8) is 0 Å². The van der Waals surface area contributed by atoms with Crippen LogP contribution >= 0.6 is 0 Å². The molecule has 1 saturated heterocycles. The van der Waals surface area contributed by atoms with Gasteiger partial charge in [0.25, 0.3) is 5.91 Å². The van der Waals surface area contributed by atoms with Crippen LogP contribution in [0.2, 0.25) is 0 Å². The summed E-state index contributed by atoms with van der Waals surface area (Å²) in [6, 6.07) is 9.52. The number of pyridine rings is 1. The Morgan fingerprint density at radius 3 is 2.53 bits per heavy atom. The van der Waals surface area contributed by atoms with E-state index in [0.717, 1.165) is 4.90 Å². The molecule has 3 N–H and O–H groups in total. The first-order valence-corrected chi connectivity index (χ1v) is 9.17. The first-order valence-electron chi connectivity index (χ1n) is 9.17. The molecule has 2 aromatic rings. The molecule has 1 aliphatic rings. The summed E-state index contributed by atoms with van der Waals surface area (Å²) in [7, 11) is 0. The van der Waals surface area contributed by atoms with Gasteiger partial charge in [0.15, 0.2) is 0 Å². The molecule has 5 amide bonds. The van der Waals surface area contributed by atoms with Crippen LogP contribution in [0.5, 0.6) is 0 Å². The molecule has 0 radical (unpaired) electrons. The lowest BCUT2D eigenvalue weighted by Gasteiger charge is -2.22. The quantitative estimate of drug-likeness (QED) is 0.588. The molecule has 0 spiro atoms. The van der Waals surface area contributed by atoms with Gasteiger partial charge in [-0.1, -0.05) is 18.2 Å². The molecule has 0 aliphatic carbocycles. The molecular weight excluding hydrogens is 393 g/mol. The van der Waals surface area contributed by atoms with Crippen LogP contribution in [0, 0.1) is 5.82 Å². The number of carbonyl (C=O) groups is 4. The van der Waals surface area contributed by atoms with E-state index in [1.165, 1.54) is 37.4 Å². The molecule has 1 aromatic carbocycles. The number of imide groups is 1. The largest absolute Gasteiger partial charge is 0.354 e. The van der Waals surface area contributed by atoms with E-state index in [1.54, 1.807) is 18.2 Å². The predicted octanol–water partition coefficient (Wildman–Crippen LogP) is 1.13. The lowest BCUT2D eigenvalue weighted by Crippen LogP contribution is -2.43. The second-order valence-electron chi connectivity index (χ2n) is 6.82. The lowest BCUT2D eigenvalue weighted by atomic mass is 9.92. The van der Waals surface area contributed by atoms with Crippen molar-refractivity contribution >= 4 is 29.6 Å². The van der Waals surface area contributed by atoms with Crippen molar-refractivity contribution < 1.29 is 23.6 Å². The SMILES string of the molecule is C[C@@]1(c2ccc(F)cc2)NC(=O)N(CC(=O)NCCC(=O)Nc2ccccn2)C1=O. The topological polar surface area (TPSA) is 120 Å². The average Bonchev–Trinajstić information content (AvgIpc) is 2.93. The van der Waals surface area contributed by atoms with Gasteiger partial charge in [-0.25, -0.2) is 14.2 Å². The van der Waals surface area contributed by atoms with Crippen LogP contribution in [0.1, 0.15) is 18.9 Å². The maximum absolute atomic E-state index is 13.2. The van der Waals surface area contributed by atoms with Gasteiger partial charge in [0.2, 0.25) is 11.8 Å². The Morgan fingerprint density at radius 2 is 1.87 bits per heavy atom. The minimum absolute atomic E-state index is 0.00421. The number of anilines is 1. The van der Waals surface area contributed by atoms with E-state index in [2.05, 4.69) is 20.9 Å². The number of nitrogens with one attached hydrogen (secondary N) is 3. The zero-order valence-corrected chi connectivity index (χ0v) is 16.1. The van der Waals surface area contributed by atoms with Gasteiger partial charge in [0.1, 0.15) is 23.7 Å². The smallest absolute Gasteiger partial charge is 0.325 e. The summed E-state index contributed by atoms with van der Waals surface area (Å²) < 4.78 is 13.2. The molecule has 156 valence electrons. The highest BCUT2D eigenvalue weighted by atomic mass is 19.1. The molecule has 3 rings (SSSR count). The van der Waals surface area contributed by atoms with Crippen LogP contribution in [0.4, 0.5) is 15.0 Å². The fourth-order valence-electron chi connectivity index (χ4n) is 2.98. The molecule has 0 unspecified atom stereocenters. The lowest BCUT2D eigenvalue weighted by molar-refractivity contribution is -0.134. The Balaban J connectivity index is 1.51. The number of hydrogen-bond acceptors (Lipinski definition) is 5. The Kier molecular flexibility index (Phi) is 6.05. The second kappa shape index (κ2) is 8.68. The van der Waals surface area contributed by atoms with Gasteiger partial charge < -0.3 is 16.0 Å².